The Labute approximate surface area is 153 Å². The van der Waals surface area contributed by atoms with Crippen LogP contribution in [0, 0.1) is 3.57 Å². The van der Waals surface area contributed by atoms with Crippen LogP contribution >= 0.6 is 22.6 Å². The molecule has 24 heavy (non-hydrogen) atoms. The van der Waals surface area contributed by atoms with Gasteiger partial charge in [0.1, 0.15) is 5.60 Å². The van der Waals surface area contributed by atoms with Gasteiger partial charge in [0, 0.05) is 40.6 Å². The molecule has 4 nitrogen and oxygen atoms in total. The van der Waals surface area contributed by atoms with Crippen LogP contribution in [0.3, 0.4) is 0 Å². The highest BCUT2D eigenvalue weighted by atomic mass is 127. The molecule has 2 aliphatic heterocycles. The topological polar surface area (TPSA) is 46.6 Å². The number of esters is 1. The van der Waals surface area contributed by atoms with E-state index < -0.39 is 5.60 Å². The average molecular weight is 433 g/mol. The van der Waals surface area contributed by atoms with Crippen molar-refractivity contribution in [1.29, 1.82) is 0 Å². The molecule has 1 amide bonds. The van der Waals surface area contributed by atoms with Gasteiger partial charge in [-0.25, -0.2) is 4.79 Å². The molecule has 0 bridgehead atoms. The van der Waals surface area contributed by atoms with E-state index in [0.717, 1.165) is 9.13 Å². The molecule has 0 radical (unpaired) electrons. The fourth-order valence-corrected chi connectivity index (χ4v) is 3.92. The second-order valence-corrected chi connectivity index (χ2v) is 7.47. The van der Waals surface area contributed by atoms with Crippen LogP contribution in [0.15, 0.2) is 48.5 Å². The monoisotopic (exact) mass is 433 g/mol. The lowest BCUT2D eigenvalue weighted by molar-refractivity contribution is -0.0389. The molecule has 0 N–H and O–H groups in total. The SMILES string of the molecule is O=C1OC2(CCN(C(=O)c3ccc(I)cc3)CC2)c2ccccc21. The molecule has 0 aliphatic carbocycles. The number of carbonyl (C=O) groups excluding carboxylic acids is 2. The molecular formula is C19H16INO3. The van der Waals surface area contributed by atoms with Crippen LogP contribution in [0.1, 0.15) is 39.1 Å². The van der Waals surface area contributed by atoms with Crippen LogP contribution in [0.2, 0.25) is 0 Å². The Hall–Kier alpha value is -1.89. The van der Waals surface area contributed by atoms with E-state index in [4.69, 9.17) is 4.74 Å². The lowest BCUT2D eigenvalue weighted by atomic mass is 9.83. The Morgan fingerprint density at radius 2 is 1.71 bits per heavy atom. The normalized spacial score (nSPS) is 18.4. The number of nitrogens with zero attached hydrogens (tertiary/aromatic N) is 1. The summed E-state index contributed by atoms with van der Waals surface area (Å²) in [5.41, 5.74) is 1.78. The first-order valence-electron chi connectivity index (χ1n) is 7.97. The number of likely N-dealkylation sites (tertiary alicyclic amines) is 1. The minimum absolute atomic E-state index is 0.0406. The number of carbonyl (C=O) groups is 2. The van der Waals surface area contributed by atoms with E-state index in [-0.39, 0.29) is 11.9 Å². The van der Waals surface area contributed by atoms with Gasteiger partial charge in [-0.05, 0) is 52.9 Å². The van der Waals surface area contributed by atoms with Gasteiger partial charge in [0.15, 0.2) is 0 Å². The molecule has 5 heteroatoms. The molecule has 1 saturated heterocycles. The Balaban J connectivity index is 1.53. The summed E-state index contributed by atoms with van der Waals surface area (Å²) in [5, 5.41) is 0. The molecule has 0 unspecified atom stereocenters. The van der Waals surface area contributed by atoms with E-state index in [0.29, 0.717) is 37.1 Å². The van der Waals surface area contributed by atoms with Crippen molar-refractivity contribution in [2.24, 2.45) is 0 Å². The van der Waals surface area contributed by atoms with Crippen LogP contribution in [0.4, 0.5) is 0 Å². The van der Waals surface area contributed by atoms with Crippen molar-refractivity contribution in [3.8, 4) is 0 Å². The third kappa shape index (κ3) is 2.51. The van der Waals surface area contributed by atoms with Gasteiger partial charge in [0.05, 0.1) is 5.56 Å². The number of benzene rings is 2. The van der Waals surface area contributed by atoms with Gasteiger partial charge < -0.3 is 9.64 Å². The van der Waals surface area contributed by atoms with Gasteiger partial charge in [-0.3, -0.25) is 4.79 Å². The van der Waals surface area contributed by atoms with Gasteiger partial charge in [-0.1, -0.05) is 18.2 Å². The summed E-state index contributed by atoms with van der Waals surface area (Å²) in [4.78, 5) is 26.6. The van der Waals surface area contributed by atoms with Gasteiger partial charge in [0.2, 0.25) is 0 Å². The first kappa shape index (κ1) is 15.6. The van der Waals surface area contributed by atoms with Gasteiger partial charge in [-0.2, -0.15) is 0 Å². The number of ether oxygens (including phenoxy) is 1. The number of amides is 1. The first-order chi connectivity index (χ1) is 11.6. The van der Waals surface area contributed by atoms with Crippen LogP contribution in [0.25, 0.3) is 0 Å². The predicted octanol–water partition coefficient (Wildman–Crippen LogP) is 3.59. The fourth-order valence-electron chi connectivity index (χ4n) is 3.56. The summed E-state index contributed by atoms with van der Waals surface area (Å²) < 4.78 is 6.84. The lowest BCUT2D eigenvalue weighted by Gasteiger charge is -2.38. The molecule has 0 saturated carbocycles. The number of halogens is 1. The van der Waals surface area contributed by atoms with Crippen molar-refractivity contribution in [2.75, 3.05) is 13.1 Å². The minimum atomic E-state index is -0.559. The summed E-state index contributed by atoms with van der Waals surface area (Å²) in [6, 6.07) is 15.2. The van der Waals surface area contributed by atoms with Crippen molar-refractivity contribution in [3.63, 3.8) is 0 Å². The number of piperidine rings is 1. The molecule has 2 heterocycles. The minimum Gasteiger partial charge on any atom is -0.450 e. The molecule has 0 aromatic heterocycles. The molecule has 4 rings (SSSR count). The Bertz CT molecular complexity index is 808. The molecular weight excluding hydrogens is 417 g/mol. The Morgan fingerprint density at radius 1 is 1.04 bits per heavy atom. The number of hydrogen-bond acceptors (Lipinski definition) is 3. The maximum absolute atomic E-state index is 12.6. The summed E-state index contributed by atoms with van der Waals surface area (Å²) in [6.07, 6.45) is 1.29. The maximum Gasteiger partial charge on any atom is 0.339 e. The van der Waals surface area contributed by atoms with Crippen LogP contribution in [-0.2, 0) is 10.3 Å². The predicted molar refractivity (Wildman–Crippen MR) is 97.8 cm³/mol. The molecule has 1 fully saturated rings. The van der Waals surface area contributed by atoms with Crippen molar-refractivity contribution >= 4 is 34.5 Å². The fraction of sp³-hybridized carbons (Fsp3) is 0.263. The second kappa shape index (κ2) is 5.88. The first-order valence-corrected chi connectivity index (χ1v) is 9.05. The quantitative estimate of drug-likeness (QED) is 0.510. The summed E-state index contributed by atoms with van der Waals surface area (Å²) >= 11 is 2.22. The van der Waals surface area contributed by atoms with Gasteiger partial charge >= 0.3 is 5.97 Å². The summed E-state index contributed by atoms with van der Waals surface area (Å²) in [6.45, 7) is 1.18. The van der Waals surface area contributed by atoms with Crippen molar-refractivity contribution in [3.05, 3.63) is 68.8 Å². The number of rotatable bonds is 1. The van der Waals surface area contributed by atoms with Crippen molar-refractivity contribution < 1.29 is 14.3 Å². The van der Waals surface area contributed by atoms with Crippen LogP contribution in [0.5, 0.6) is 0 Å². The van der Waals surface area contributed by atoms with E-state index in [2.05, 4.69) is 22.6 Å². The molecule has 2 aromatic rings. The van der Waals surface area contributed by atoms with Crippen molar-refractivity contribution in [1.82, 2.24) is 4.90 Å². The third-order valence-electron chi connectivity index (χ3n) is 4.88. The van der Waals surface area contributed by atoms with E-state index in [1.54, 1.807) is 0 Å². The smallest absolute Gasteiger partial charge is 0.339 e. The van der Waals surface area contributed by atoms with Crippen LogP contribution in [-0.4, -0.2) is 29.9 Å². The Morgan fingerprint density at radius 3 is 2.42 bits per heavy atom. The molecule has 2 aliphatic rings. The largest absolute Gasteiger partial charge is 0.450 e. The van der Waals surface area contributed by atoms with Crippen LogP contribution < -0.4 is 0 Å². The third-order valence-corrected chi connectivity index (χ3v) is 5.59. The Kier molecular flexibility index (Phi) is 3.83. The van der Waals surface area contributed by atoms with Gasteiger partial charge in [-0.15, -0.1) is 0 Å². The van der Waals surface area contributed by atoms with E-state index in [1.807, 2.05) is 53.4 Å². The lowest BCUT2D eigenvalue weighted by Crippen LogP contribution is -2.45. The summed E-state index contributed by atoms with van der Waals surface area (Å²) in [5.74, 6) is -0.207. The maximum atomic E-state index is 12.6. The molecule has 0 atom stereocenters. The molecule has 1 spiro atoms. The average Bonchev–Trinajstić information content (AvgIpc) is 2.88. The second-order valence-electron chi connectivity index (χ2n) is 6.23. The zero-order valence-corrected chi connectivity index (χ0v) is 15.2. The highest BCUT2D eigenvalue weighted by molar-refractivity contribution is 14.1. The molecule has 2 aromatic carbocycles. The standard InChI is InChI=1S/C19H16INO3/c20-14-7-5-13(6-8-14)17(22)21-11-9-19(10-12-21)16-4-2-1-3-15(16)18(23)24-19/h1-8H,9-12H2. The van der Waals surface area contributed by atoms with E-state index >= 15 is 0 Å². The number of hydrogen-bond donors (Lipinski definition) is 0. The van der Waals surface area contributed by atoms with E-state index in [1.165, 1.54) is 0 Å². The number of fused-ring (bicyclic) bond motifs is 2. The highest BCUT2D eigenvalue weighted by Crippen LogP contribution is 2.44. The highest BCUT2D eigenvalue weighted by Gasteiger charge is 2.47. The zero-order valence-electron chi connectivity index (χ0n) is 13.0. The zero-order chi connectivity index (χ0) is 16.7. The van der Waals surface area contributed by atoms with E-state index in [9.17, 15) is 9.59 Å². The summed E-state index contributed by atoms with van der Waals surface area (Å²) in [7, 11) is 0. The molecule has 122 valence electrons. The van der Waals surface area contributed by atoms with Gasteiger partial charge in [0.25, 0.3) is 5.91 Å². The van der Waals surface area contributed by atoms with Crippen molar-refractivity contribution in [2.45, 2.75) is 18.4 Å².